The molecular formula is C18H14N4O2S. The van der Waals surface area contributed by atoms with Crippen LogP contribution in [-0.2, 0) is 4.75 Å². The van der Waals surface area contributed by atoms with E-state index in [-0.39, 0.29) is 22.1 Å². The maximum absolute atomic E-state index is 13.1. The molecule has 4 rings (SSSR count). The fraction of sp³-hybridized carbons (Fsp3) is 0.278. The van der Waals surface area contributed by atoms with Crippen molar-refractivity contribution in [1.29, 1.82) is 10.7 Å². The minimum absolute atomic E-state index is 0.0141. The number of aryl methyl sites for hydroxylation is 1. The Balaban J connectivity index is 2.07. The molecule has 2 aromatic rings. The van der Waals surface area contributed by atoms with Crippen molar-refractivity contribution in [2.24, 2.45) is 5.92 Å². The molecule has 25 heavy (non-hydrogen) atoms. The van der Waals surface area contributed by atoms with Crippen LogP contribution in [-0.4, -0.2) is 20.6 Å². The molecule has 0 bridgehead atoms. The van der Waals surface area contributed by atoms with Crippen LogP contribution in [0.25, 0.3) is 5.69 Å². The Labute approximate surface area is 148 Å². The van der Waals surface area contributed by atoms with Gasteiger partial charge in [-0.3, -0.25) is 9.59 Å². The van der Waals surface area contributed by atoms with E-state index < -0.39 is 16.2 Å². The summed E-state index contributed by atoms with van der Waals surface area (Å²) in [4.78, 5) is 25.6. The van der Waals surface area contributed by atoms with Gasteiger partial charge in [-0.05, 0) is 32.4 Å². The Morgan fingerprint density at radius 3 is 2.68 bits per heavy atom. The normalized spacial score (nSPS) is 24.1. The van der Waals surface area contributed by atoms with E-state index in [0.29, 0.717) is 17.7 Å². The average molecular weight is 350 g/mol. The van der Waals surface area contributed by atoms with Crippen LogP contribution >= 0.6 is 11.8 Å². The van der Waals surface area contributed by atoms with Crippen LogP contribution in [0, 0.1) is 29.6 Å². The zero-order chi connectivity index (χ0) is 17.9. The van der Waals surface area contributed by atoms with Crippen LogP contribution in [0.5, 0.6) is 0 Å². The number of carbonyl (C=O) groups excluding carboxylic acids is 1. The first-order valence-corrected chi connectivity index (χ1v) is 8.64. The van der Waals surface area contributed by atoms with Crippen molar-refractivity contribution in [3.63, 3.8) is 0 Å². The van der Waals surface area contributed by atoms with E-state index in [9.17, 15) is 14.9 Å². The van der Waals surface area contributed by atoms with Crippen LogP contribution in [0.1, 0.15) is 40.5 Å². The summed E-state index contributed by atoms with van der Waals surface area (Å²) in [6, 6.07) is 9.31. The number of benzene rings is 1. The summed E-state index contributed by atoms with van der Waals surface area (Å²) in [6.07, 6.45) is 0.342. The van der Waals surface area contributed by atoms with E-state index >= 15 is 0 Å². The van der Waals surface area contributed by atoms with Gasteiger partial charge in [0.05, 0.1) is 33.7 Å². The quantitative estimate of drug-likeness (QED) is 0.852. The maximum Gasteiger partial charge on any atom is 0.281 e. The standard InChI is InChI=1S/C18H14N4O2S/c1-9-3-5-11(6-4-9)22-16(23)12-13-15(21-22)17(24)25-18(13,2)7-10(8-19)14(12)20/h3-6,10,20H,7H2,1-2H3/t10-,18-/m1/s1. The summed E-state index contributed by atoms with van der Waals surface area (Å²) in [5.41, 5.74) is 2.01. The predicted octanol–water partition coefficient (Wildman–Crippen LogP) is 2.55. The van der Waals surface area contributed by atoms with Gasteiger partial charge in [-0.2, -0.15) is 15.0 Å². The van der Waals surface area contributed by atoms with Crippen LogP contribution in [0.15, 0.2) is 29.1 Å². The number of hydrogen-bond donors (Lipinski definition) is 1. The van der Waals surface area contributed by atoms with E-state index in [1.807, 2.05) is 26.0 Å². The minimum Gasteiger partial charge on any atom is -0.303 e. The van der Waals surface area contributed by atoms with Crippen molar-refractivity contribution in [2.45, 2.75) is 25.0 Å². The van der Waals surface area contributed by atoms with Gasteiger partial charge in [-0.1, -0.05) is 29.5 Å². The largest absolute Gasteiger partial charge is 0.303 e. The number of nitrogens with one attached hydrogen (secondary N) is 1. The molecule has 0 spiro atoms. The monoisotopic (exact) mass is 350 g/mol. The summed E-state index contributed by atoms with van der Waals surface area (Å²) < 4.78 is 0.497. The van der Waals surface area contributed by atoms with Crippen molar-refractivity contribution < 1.29 is 4.79 Å². The van der Waals surface area contributed by atoms with Crippen molar-refractivity contribution in [3.8, 4) is 11.8 Å². The van der Waals surface area contributed by atoms with Gasteiger partial charge in [0, 0.05) is 5.56 Å². The smallest absolute Gasteiger partial charge is 0.281 e. The average Bonchev–Trinajstić information content (AvgIpc) is 2.83. The van der Waals surface area contributed by atoms with Gasteiger partial charge in [0.15, 0.2) is 0 Å². The lowest BCUT2D eigenvalue weighted by atomic mass is 9.76. The third-order valence-electron chi connectivity index (χ3n) is 4.78. The van der Waals surface area contributed by atoms with Crippen LogP contribution < -0.4 is 5.56 Å². The molecule has 7 heteroatoms. The molecule has 0 unspecified atom stereocenters. The highest BCUT2D eigenvalue weighted by molar-refractivity contribution is 8.15. The molecule has 1 aromatic heterocycles. The maximum atomic E-state index is 13.1. The highest BCUT2D eigenvalue weighted by atomic mass is 32.2. The van der Waals surface area contributed by atoms with Gasteiger partial charge < -0.3 is 5.41 Å². The van der Waals surface area contributed by atoms with E-state index in [0.717, 1.165) is 17.3 Å². The van der Waals surface area contributed by atoms with Gasteiger partial charge in [-0.25, -0.2) is 0 Å². The molecule has 2 aliphatic rings. The number of nitrogens with zero attached hydrogens (tertiary/aromatic N) is 3. The molecule has 0 saturated heterocycles. The second kappa shape index (κ2) is 5.14. The number of thioether (sulfide) groups is 1. The van der Waals surface area contributed by atoms with Crippen molar-refractivity contribution in [3.05, 3.63) is 57.0 Å². The second-order valence-electron chi connectivity index (χ2n) is 6.57. The zero-order valence-corrected chi connectivity index (χ0v) is 14.5. The molecule has 0 fully saturated rings. The molecule has 2 atom stereocenters. The van der Waals surface area contributed by atoms with Gasteiger partial charge in [-0.15, -0.1) is 0 Å². The highest BCUT2D eigenvalue weighted by Crippen LogP contribution is 2.53. The summed E-state index contributed by atoms with van der Waals surface area (Å²) in [5, 5.41) is 21.8. The van der Waals surface area contributed by atoms with Crippen molar-refractivity contribution in [1.82, 2.24) is 9.78 Å². The van der Waals surface area contributed by atoms with Crippen molar-refractivity contribution in [2.75, 3.05) is 0 Å². The minimum atomic E-state index is -0.703. The molecule has 0 amide bonds. The molecule has 1 aliphatic heterocycles. The fourth-order valence-electron chi connectivity index (χ4n) is 3.52. The van der Waals surface area contributed by atoms with Crippen LogP contribution in [0.3, 0.4) is 0 Å². The first-order chi connectivity index (χ1) is 11.9. The molecule has 124 valence electrons. The zero-order valence-electron chi connectivity index (χ0n) is 13.7. The number of aromatic nitrogens is 2. The van der Waals surface area contributed by atoms with Gasteiger partial charge in [0.2, 0.25) is 5.12 Å². The summed E-state index contributed by atoms with van der Waals surface area (Å²) in [6.45, 7) is 3.78. The van der Waals surface area contributed by atoms with Crippen LogP contribution in [0.4, 0.5) is 0 Å². The molecule has 1 aromatic carbocycles. The third kappa shape index (κ3) is 2.11. The van der Waals surface area contributed by atoms with Gasteiger partial charge in [0.1, 0.15) is 5.69 Å². The van der Waals surface area contributed by atoms with E-state index in [4.69, 9.17) is 5.41 Å². The summed E-state index contributed by atoms with van der Waals surface area (Å²) in [7, 11) is 0. The number of nitriles is 1. The molecule has 1 N–H and O–H groups in total. The number of carbonyl (C=O) groups is 1. The summed E-state index contributed by atoms with van der Waals surface area (Å²) >= 11 is 1.10. The molecular weight excluding hydrogens is 336 g/mol. The first kappa shape index (κ1) is 15.8. The Morgan fingerprint density at radius 2 is 2.04 bits per heavy atom. The SMILES string of the molecule is Cc1ccc(-n2nc3c4c(c2=O)C(=N)[C@@H](C#N)C[C@@]4(C)SC3=O)cc1. The molecule has 1 aliphatic carbocycles. The van der Waals surface area contributed by atoms with Crippen LogP contribution in [0.2, 0.25) is 0 Å². The van der Waals surface area contributed by atoms with E-state index in [2.05, 4.69) is 11.2 Å². The number of hydrogen-bond acceptors (Lipinski definition) is 6. The third-order valence-corrected chi connectivity index (χ3v) is 5.98. The molecule has 6 nitrogen and oxygen atoms in total. The first-order valence-electron chi connectivity index (χ1n) is 7.82. The lowest BCUT2D eigenvalue weighted by Gasteiger charge is -2.32. The lowest BCUT2D eigenvalue weighted by molar-refractivity contribution is 0.108. The Morgan fingerprint density at radius 1 is 1.36 bits per heavy atom. The number of rotatable bonds is 1. The van der Waals surface area contributed by atoms with Gasteiger partial charge in [0.25, 0.3) is 5.56 Å². The Bertz CT molecular complexity index is 1050. The van der Waals surface area contributed by atoms with E-state index in [1.165, 1.54) is 4.68 Å². The lowest BCUT2D eigenvalue weighted by Crippen LogP contribution is -2.40. The topological polar surface area (TPSA) is 99.6 Å². The Hall–Kier alpha value is -2.72. The molecule has 0 radical (unpaired) electrons. The molecule has 2 heterocycles. The van der Waals surface area contributed by atoms with E-state index in [1.54, 1.807) is 12.1 Å². The molecule has 0 saturated carbocycles. The van der Waals surface area contributed by atoms with Gasteiger partial charge >= 0.3 is 0 Å². The Kier molecular flexibility index (Phi) is 3.24. The van der Waals surface area contributed by atoms with Crippen molar-refractivity contribution >= 4 is 22.6 Å². The fourth-order valence-corrected chi connectivity index (χ4v) is 4.72. The predicted molar refractivity (Wildman–Crippen MR) is 94.4 cm³/mol. The summed E-state index contributed by atoms with van der Waals surface area (Å²) in [5.74, 6) is -0.703. The highest BCUT2D eigenvalue weighted by Gasteiger charge is 2.51. The second-order valence-corrected chi connectivity index (χ2v) is 8.05.